The molecular weight excluding hydrogens is 250 g/mol. The van der Waals surface area contributed by atoms with E-state index in [9.17, 15) is 4.79 Å². The van der Waals surface area contributed by atoms with Crippen molar-refractivity contribution in [3.05, 3.63) is 23.3 Å². The van der Waals surface area contributed by atoms with Crippen LogP contribution < -0.4 is 15.5 Å². The molecule has 20 heavy (non-hydrogen) atoms. The van der Waals surface area contributed by atoms with Crippen molar-refractivity contribution >= 4 is 17.3 Å². The summed E-state index contributed by atoms with van der Waals surface area (Å²) in [6.07, 6.45) is 3.21. The van der Waals surface area contributed by atoms with Crippen LogP contribution in [0.5, 0.6) is 0 Å². The maximum absolute atomic E-state index is 11.8. The highest BCUT2D eigenvalue weighted by Gasteiger charge is 2.30. The van der Waals surface area contributed by atoms with Crippen molar-refractivity contribution in [2.24, 2.45) is 5.73 Å². The number of nitrogens with two attached hydrogens (primary N) is 1. The maximum atomic E-state index is 11.8. The van der Waals surface area contributed by atoms with E-state index in [1.165, 1.54) is 16.8 Å². The Labute approximate surface area is 120 Å². The van der Waals surface area contributed by atoms with Gasteiger partial charge in [0.25, 0.3) is 0 Å². The van der Waals surface area contributed by atoms with Gasteiger partial charge >= 0.3 is 0 Å². The summed E-state index contributed by atoms with van der Waals surface area (Å²) in [5, 5.41) is 0. The fraction of sp³-hybridized carbons (Fsp3) is 0.562. The number of anilines is 2. The van der Waals surface area contributed by atoms with Crippen LogP contribution in [0, 0.1) is 0 Å². The van der Waals surface area contributed by atoms with E-state index in [0.717, 1.165) is 38.0 Å². The van der Waals surface area contributed by atoms with E-state index >= 15 is 0 Å². The first-order chi connectivity index (χ1) is 9.63. The first-order valence-corrected chi connectivity index (χ1v) is 7.53. The molecule has 0 radical (unpaired) electrons. The second-order valence-electron chi connectivity index (χ2n) is 5.87. The molecule has 1 atom stereocenters. The Morgan fingerprint density at radius 1 is 1.35 bits per heavy atom. The van der Waals surface area contributed by atoms with Crippen LogP contribution in [0.2, 0.25) is 0 Å². The van der Waals surface area contributed by atoms with Crippen molar-refractivity contribution in [1.82, 2.24) is 0 Å². The summed E-state index contributed by atoms with van der Waals surface area (Å²) in [5.74, 6) is 0.141. The van der Waals surface area contributed by atoms with Gasteiger partial charge in [-0.3, -0.25) is 4.79 Å². The zero-order valence-electron chi connectivity index (χ0n) is 12.4. The Morgan fingerprint density at radius 2 is 2.15 bits per heavy atom. The van der Waals surface area contributed by atoms with Crippen LogP contribution in [-0.4, -0.2) is 31.6 Å². The molecule has 2 aliphatic heterocycles. The maximum Gasteiger partial charge on any atom is 0.223 e. The number of benzene rings is 1. The molecule has 0 saturated heterocycles. The van der Waals surface area contributed by atoms with Gasteiger partial charge in [-0.1, -0.05) is 6.07 Å². The summed E-state index contributed by atoms with van der Waals surface area (Å²) in [5.41, 5.74) is 11.1. The molecular formula is C16H23N3O. The summed E-state index contributed by atoms with van der Waals surface area (Å²) in [6.45, 7) is 6.39. The van der Waals surface area contributed by atoms with Crippen LogP contribution in [0.15, 0.2) is 12.1 Å². The van der Waals surface area contributed by atoms with Crippen molar-refractivity contribution in [1.29, 1.82) is 0 Å². The lowest BCUT2D eigenvalue weighted by Gasteiger charge is -2.34. The van der Waals surface area contributed by atoms with Gasteiger partial charge in [0.2, 0.25) is 5.91 Å². The van der Waals surface area contributed by atoms with Crippen molar-refractivity contribution < 1.29 is 4.79 Å². The Morgan fingerprint density at radius 3 is 2.85 bits per heavy atom. The fourth-order valence-corrected chi connectivity index (χ4v) is 3.52. The van der Waals surface area contributed by atoms with E-state index in [4.69, 9.17) is 5.73 Å². The lowest BCUT2D eigenvalue weighted by atomic mass is 9.96. The van der Waals surface area contributed by atoms with E-state index in [-0.39, 0.29) is 5.91 Å². The van der Waals surface area contributed by atoms with Crippen molar-refractivity contribution in [3.8, 4) is 0 Å². The molecule has 4 heteroatoms. The van der Waals surface area contributed by atoms with Crippen LogP contribution >= 0.6 is 0 Å². The van der Waals surface area contributed by atoms with Crippen LogP contribution in [0.1, 0.15) is 31.4 Å². The van der Waals surface area contributed by atoms with Crippen molar-refractivity contribution in [3.63, 3.8) is 0 Å². The average Bonchev–Trinajstić information content (AvgIpc) is 2.89. The summed E-state index contributed by atoms with van der Waals surface area (Å²) < 4.78 is 0. The minimum atomic E-state index is 0.141. The predicted octanol–water partition coefficient (Wildman–Crippen LogP) is 1.70. The first kappa shape index (κ1) is 13.4. The molecule has 0 bridgehead atoms. The SMILES string of the molecule is CC(=O)N1CCCc2c1ccc1c2N(C(C)CN)CC1. The molecule has 2 heterocycles. The highest BCUT2D eigenvalue weighted by molar-refractivity contribution is 5.94. The van der Waals surface area contributed by atoms with Gasteiger partial charge in [0, 0.05) is 44.0 Å². The summed E-state index contributed by atoms with van der Waals surface area (Å²) in [6, 6.07) is 4.68. The number of fused-ring (bicyclic) bond motifs is 3. The lowest BCUT2D eigenvalue weighted by Crippen LogP contribution is -2.39. The number of rotatable bonds is 2. The van der Waals surface area contributed by atoms with E-state index < -0.39 is 0 Å². The molecule has 0 aromatic heterocycles. The molecule has 4 nitrogen and oxygen atoms in total. The molecule has 2 N–H and O–H groups in total. The van der Waals surface area contributed by atoms with Crippen LogP contribution in [-0.2, 0) is 17.6 Å². The Hall–Kier alpha value is -1.55. The molecule has 2 aliphatic rings. The van der Waals surface area contributed by atoms with Gasteiger partial charge in [0.1, 0.15) is 0 Å². The third kappa shape index (κ3) is 1.99. The molecule has 108 valence electrons. The van der Waals surface area contributed by atoms with E-state index in [1.54, 1.807) is 6.92 Å². The van der Waals surface area contributed by atoms with E-state index in [0.29, 0.717) is 12.6 Å². The highest BCUT2D eigenvalue weighted by Crippen LogP contribution is 2.41. The van der Waals surface area contributed by atoms with Gasteiger partial charge in [0.05, 0.1) is 0 Å². The van der Waals surface area contributed by atoms with Gasteiger partial charge in [-0.05, 0) is 43.4 Å². The zero-order valence-corrected chi connectivity index (χ0v) is 12.4. The minimum Gasteiger partial charge on any atom is -0.367 e. The second kappa shape index (κ2) is 5.09. The van der Waals surface area contributed by atoms with Gasteiger partial charge in [-0.25, -0.2) is 0 Å². The fourth-order valence-electron chi connectivity index (χ4n) is 3.52. The molecule has 1 unspecified atom stereocenters. The quantitative estimate of drug-likeness (QED) is 0.892. The van der Waals surface area contributed by atoms with Crippen LogP contribution in [0.3, 0.4) is 0 Å². The third-order valence-corrected chi connectivity index (χ3v) is 4.60. The van der Waals surface area contributed by atoms with E-state index in [1.807, 2.05) is 4.90 Å². The molecule has 1 aromatic rings. The number of carbonyl (C=O) groups is 1. The topological polar surface area (TPSA) is 49.6 Å². The van der Waals surface area contributed by atoms with Crippen molar-refractivity contribution in [2.45, 2.75) is 39.2 Å². The molecule has 3 rings (SSSR count). The standard InChI is InChI=1S/C16H23N3O/c1-11(10-17)18-9-7-13-5-6-15-14(16(13)18)4-3-8-19(15)12(2)20/h5-6,11H,3-4,7-10,17H2,1-2H3. The Bertz CT molecular complexity index is 541. The normalized spacial score (nSPS) is 18.8. The third-order valence-electron chi connectivity index (χ3n) is 4.60. The van der Waals surface area contributed by atoms with Crippen LogP contribution in [0.4, 0.5) is 11.4 Å². The minimum absolute atomic E-state index is 0.141. The monoisotopic (exact) mass is 273 g/mol. The molecule has 0 spiro atoms. The van der Waals surface area contributed by atoms with Gasteiger partial charge in [-0.2, -0.15) is 0 Å². The molecule has 0 fully saturated rings. The second-order valence-corrected chi connectivity index (χ2v) is 5.87. The molecule has 0 aliphatic carbocycles. The van der Waals surface area contributed by atoms with Gasteiger partial charge in [0.15, 0.2) is 0 Å². The molecule has 0 saturated carbocycles. The number of amides is 1. The van der Waals surface area contributed by atoms with Gasteiger partial charge < -0.3 is 15.5 Å². The predicted molar refractivity (Wildman–Crippen MR) is 82.4 cm³/mol. The smallest absolute Gasteiger partial charge is 0.223 e. The Balaban J connectivity index is 2.09. The largest absolute Gasteiger partial charge is 0.367 e. The summed E-state index contributed by atoms with van der Waals surface area (Å²) >= 11 is 0. The van der Waals surface area contributed by atoms with Crippen LogP contribution in [0.25, 0.3) is 0 Å². The zero-order chi connectivity index (χ0) is 14.3. The lowest BCUT2D eigenvalue weighted by molar-refractivity contribution is -0.116. The molecule has 1 amide bonds. The number of hydrogen-bond acceptors (Lipinski definition) is 3. The first-order valence-electron chi connectivity index (χ1n) is 7.53. The molecule has 1 aromatic carbocycles. The average molecular weight is 273 g/mol. The summed E-state index contributed by atoms with van der Waals surface area (Å²) in [7, 11) is 0. The number of nitrogens with zero attached hydrogens (tertiary/aromatic N) is 2. The Kier molecular flexibility index (Phi) is 3.42. The van der Waals surface area contributed by atoms with Crippen molar-refractivity contribution in [2.75, 3.05) is 29.4 Å². The summed E-state index contributed by atoms with van der Waals surface area (Å²) in [4.78, 5) is 16.2. The van der Waals surface area contributed by atoms with Gasteiger partial charge in [-0.15, -0.1) is 0 Å². The number of carbonyl (C=O) groups excluding carboxylic acids is 1. The number of hydrogen-bond donors (Lipinski definition) is 1. The highest BCUT2D eigenvalue weighted by atomic mass is 16.2. The van der Waals surface area contributed by atoms with E-state index in [2.05, 4.69) is 24.0 Å².